The summed E-state index contributed by atoms with van der Waals surface area (Å²) < 4.78 is 89.0. The van der Waals surface area contributed by atoms with Gasteiger partial charge in [0.05, 0.1) is 30.0 Å². The minimum atomic E-state index is -4.71. The molecular weight excluding hydrogens is 589 g/mol. The highest BCUT2D eigenvalue weighted by Crippen LogP contribution is 2.36. The zero-order valence-electron chi connectivity index (χ0n) is 24.4. The van der Waals surface area contributed by atoms with Crippen molar-refractivity contribution < 1.29 is 35.9 Å². The first kappa shape index (κ1) is 31.5. The highest BCUT2D eigenvalue weighted by Gasteiger charge is 2.50. The van der Waals surface area contributed by atoms with E-state index in [0.29, 0.717) is 32.4 Å². The van der Waals surface area contributed by atoms with E-state index in [4.69, 9.17) is 19.3 Å². The molecule has 2 fully saturated rings. The van der Waals surface area contributed by atoms with Crippen LogP contribution in [0.15, 0.2) is 28.8 Å². The van der Waals surface area contributed by atoms with Crippen molar-refractivity contribution in [3.8, 4) is 29.5 Å². The zero-order valence-corrected chi connectivity index (χ0v) is 24.4. The van der Waals surface area contributed by atoms with Crippen LogP contribution in [-0.4, -0.2) is 75.6 Å². The summed E-state index contributed by atoms with van der Waals surface area (Å²) in [6.07, 6.45) is -5.13. The number of likely N-dealkylation sites (N-methyl/N-ethyl adjacent to an activating group) is 1. The topological polar surface area (TPSA) is 122 Å². The van der Waals surface area contributed by atoms with Crippen LogP contribution in [-0.2, 0) is 5.41 Å². The highest BCUT2D eigenvalue weighted by molar-refractivity contribution is 5.46. The fourth-order valence-electron chi connectivity index (χ4n) is 5.72. The lowest BCUT2D eigenvalue weighted by molar-refractivity contribution is -0.209. The number of likely N-dealkylation sites (tertiary alicyclic amines) is 1. The van der Waals surface area contributed by atoms with E-state index in [0.717, 1.165) is 12.1 Å². The Balaban J connectivity index is 1.51. The van der Waals surface area contributed by atoms with E-state index in [-0.39, 0.29) is 47.9 Å². The molecule has 0 radical (unpaired) electrons. The van der Waals surface area contributed by atoms with E-state index in [1.54, 1.807) is 11.9 Å². The number of piperidine rings is 1. The third-order valence-electron chi connectivity index (χ3n) is 8.00. The number of hydrogen-bond acceptors (Lipinski definition) is 10. The Morgan fingerprint density at radius 3 is 2.50 bits per heavy atom. The monoisotopic (exact) mass is 621 g/mol. The SMILES string of the molecule is CN1CCC[C@H]1[C@@H](Oc1cc(O[C@H]2CCN[C@H](CC#N)C2)nc(-c2noc(C(C)(C)c3c(F)cccc3F)n2)n1)C(F)(F)F. The van der Waals surface area contributed by atoms with Crippen LogP contribution in [0.5, 0.6) is 11.8 Å². The molecule has 236 valence electrons. The number of halogens is 5. The standard InChI is InChI=1S/C29H32F5N7O3/c1-28(2,23-18(30)6-4-7-19(23)31)27-39-26(40-44-27)25-37-21(42-17-10-12-36-16(14-17)9-11-35)15-22(38-25)43-24(29(32,33)34)20-8-5-13-41(20)3/h4,6-7,15-17,20,24,36H,5,8-10,12-14H2,1-3H3/t16-,17+,20+,24-/m1/s1. The van der Waals surface area contributed by atoms with Crippen LogP contribution in [0.1, 0.15) is 57.4 Å². The molecule has 1 N–H and O–H groups in total. The number of alkyl halides is 3. The lowest BCUT2D eigenvalue weighted by Crippen LogP contribution is -2.49. The summed E-state index contributed by atoms with van der Waals surface area (Å²) in [5.41, 5.74) is -1.73. The van der Waals surface area contributed by atoms with Crippen molar-refractivity contribution >= 4 is 0 Å². The third kappa shape index (κ3) is 6.76. The lowest BCUT2D eigenvalue weighted by Gasteiger charge is -2.31. The summed E-state index contributed by atoms with van der Waals surface area (Å²) in [6, 6.07) is 5.68. The number of ether oxygens (including phenoxy) is 2. The van der Waals surface area contributed by atoms with Gasteiger partial charge in [0.25, 0.3) is 0 Å². The predicted octanol–water partition coefficient (Wildman–Crippen LogP) is 4.95. The summed E-state index contributed by atoms with van der Waals surface area (Å²) in [4.78, 5) is 14.4. The van der Waals surface area contributed by atoms with Gasteiger partial charge >= 0.3 is 6.18 Å². The molecule has 0 spiro atoms. The Morgan fingerprint density at radius 2 is 1.84 bits per heavy atom. The second-order valence-corrected chi connectivity index (χ2v) is 11.6. The average Bonchev–Trinajstić information content (AvgIpc) is 3.61. The molecular formula is C29H32F5N7O3. The first-order valence-corrected chi connectivity index (χ1v) is 14.3. The van der Waals surface area contributed by atoms with E-state index in [9.17, 15) is 22.0 Å². The molecule has 2 aliphatic rings. The van der Waals surface area contributed by atoms with Gasteiger partial charge in [-0.2, -0.15) is 33.4 Å². The average molecular weight is 622 g/mol. The van der Waals surface area contributed by atoms with Gasteiger partial charge in [-0.3, -0.25) is 4.90 Å². The summed E-state index contributed by atoms with van der Waals surface area (Å²) in [5.74, 6) is -2.81. The van der Waals surface area contributed by atoms with Gasteiger partial charge in [-0.15, -0.1) is 0 Å². The predicted molar refractivity (Wildman–Crippen MR) is 146 cm³/mol. The van der Waals surface area contributed by atoms with Gasteiger partial charge in [0.15, 0.2) is 0 Å². The highest BCUT2D eigenvalue weighted by atomic mass is 19.4. The number of nitrogens with zero attached hydrogens (tertiary/aromatic N) is 6. The van der Waals surface area contributed by atoms with Crippen LogP contribution in [0.25, 0.3) is 11.6 Å². The first-order valence-electron chi connectivity index (χ1n) is 14.3. The summed E-state index contributed by atoms with van der Waals surface area (Å²) in [7, 11) is 1.61. The van der Waals surface area contributed by atoms with Gasteiger partial charge < -0.3 is 19.3 Å². The molecule has 0 saturated carbocycles. The minimum absolute atomic E-state index is 0.0842. The molecule has 4 atom stereocenters. The summed E-state index contributed by atoms with van der Waals surface area (Å²) >= 11 is 0. The minimum Gasteiger partial charge on any atom is -0.474 e. The first-order chi connectivity index (χ1) is 20.9. The van der Waals surface area contributed by atoms with Crippen LogP contribution < -0.4 is 14.8 Å². The van der Waals surface area contributed by atoms with Crippen molar-refractivity contribution in [3.63, 3.8) is 0 Å². The molecule has 1 aromatic carbocycles. The van der Waals surface area contributed by atoms with Crippen LogP contribution in [0, 0.1) is 23.0 Å². The van der Waals surface area contributed by atoms with Crippen LogP contribution in [0.4, 0.5) is 22.0 Å². The van der Waals surface area contributed by atoms with Gasteiger partial charge in [0.1, 0.15) is 17.7 Å². The molecule has 0 unspecified atom stereocenters. The third-order valence-corrected chi connectivity index (χ3v) is 8.00. The fourth-order valence-corrected chi connectivity index (χ4v) is 5.72. The molecule has 15 heteroatoms. The van der Waals surface area contributed by atoms with E-state index in [2.05, 4.69) is 31.5 Å². The summed E-state index contributed by atoms with van der Waals surface area (Å²) in [6.45, 7) is 4.04. The maximum absolute atomic E-state index is 14.6. The van der Waals surface area contributed by atoms with Crippen molar-refractivity contribution in [3.05, 3.63) is 47.4 Å². The second kappa shape index (κ2) is 12.6. The van der Waals surface area contributed by atoms with Crippen molar-refractivity contribution in [1.29, 1.82) is 5.26 Å². The Morgan fingerprint density at radius 1 is 1.11 bits per heavy atom. The maximum atomic E-state index is 14.6. The fraction of sp³-hybridized carbons (Fsp3) is 0.552. The number of benzene rings is 1. The quantitative estimate of drug-likeness (QED) is 0.329. The molecule has 44 heavy (non-hydrogen) atoms. The number of hydrogen-bond donors (Lipinski definition) is 1. The van der Waals surface area contributed by atoms with Crippen molar-refractivity contribution in [1.82, 2.24) is 30.3 Å². The number of nitriles is 1. The maximum Gasteiger partial charge on any atom is 0.427 e. The van der Waals surface area contributed by atoms with Gasteiger partial charge in [-0.05, 0) is 65.4 Å². The Bertz CT molecular complexity index is 1490. The molecule has 5 rings (SSSR count). The normalized spacial score (nSPS) is 22.0. The largest absolute Gasteiger partial charge is 0.474 e. The molecule has 10 nitrogen and oxygen atoms in total. The number of aromatic nitrogens is 4. The molecule has 0 amide bonds. The van der Waals surface area contributed by atoms with E-state index >= 15 is 0 Å². The zero-order chi connectivity index (χ0) is 31.6. The molecule has 4 heterocycles. The van der Waals surface area contributed by atoms with Gasteiger partial charge in [-0.25, -0.2) is 8.78 Å². The summed E-state index contributed by atoms with van der Waals surface area (Å²) in [5, 5.41) is 16.2. The molecule has 2 aromatic heterocycles. The van der Waals surface area contributed by atoms with Gasteiger partial charge in [-0.1, -0.05) is 11.2 Å². The van der Waals surface area contributed by atoms with E-state index in [1.165, 1.54) is 26.0 Å². The Kier molecular flexibility index (Phi) is 9.03. The van der Waals surface area contributed by atoms with Crippen LogP contribution in [0.3, 0.4) is 0 Å². The molecule has 2 aliphatic heterocycles. The van der Waals surface area contributed by atoms with E-state index < -0.39 is 47.4 Å². The number of nitrogens with one attached hydrogen (secondary N) is 1. The van der Waals surface area contributed by atoms with Crippen molar-refractivity contribution in [2.45, 2.75) is 81.8 Å². The van der Waals surface area contributed by atoms with Crippen molar-refractivity contribution in [2.24, 2.45) is 0 Å². The molecule has 2 saturated heterocycles. The lowest BCUT2D eigenvalue weighted by atomic mass is 9.83. The van der Waals surface area contributed by atoms with Gasteiger partial charge in [0.2, 0.25) is 35.4 Å². The van der Waals surface area contributed by atoms with Crippen molar-refractivity contribution in [2.75, 3.05) is 20.1 Å². The smallest absolute Gasteiger partial charge is 0.427 e. The molecule has 0 bridgehead atoms. The Labute approximate surface area is 250 Å². The van der Waals surface area contributed by atoms with E-state index in [1.807, 2.05) is 0 Å². The molecule has 3 aromatic rings. The Hall–Kier alpha value is -3.90. The second-order valence-electron chi connectivity index (χ2n) is 11.6. The van der Waals surface area contributed by atoms with Crippen LogP contribution in [0.2, 0.25) is 0 Å². The van der Waals surface area contributed by atoms with Gasteiger partial charge in [0, 0.05) is 18.0 Å². The van der Waals surface area contributed by atoms with Crippen LogP contribution >= 0.6 is 0 Å². The molecule has 0 aliphatic carbocycles. The number of rotatable bonds is 9.